The van der Waals surface area contributed by atoms with Crippen LogP contribution >= 0.6 is 0 Å². The van der Waals surface area contributed by atoms with Crippen LogP contribution in [0, 0.1) is 6.92 Å². The van der Waals surface area contributed by atoms with Gasteiger partial charge in [-0.05, 0) is 38.8 Å². The van der Waals surface area contributed by atoms with E-state index in [1.165, 1.54) is 11.1 Å². The van der Waals surface area contributed by atoms with Gasteiger partial charge in [0.2, 0.25) is 0 Å². The molecule has 2 heteroatoms. The first-order valence-corrected chi connectivity index (χ1v) is 5.70. The number of rotatable bonds is 6. The topological polar surface area (TPSA) is 38.0 Å². The molecule has 0 bridgehead atoms. The maximum Gasteiger partial charge on any atom is 0.0205 e. The van der Waals surface area contributed by atoms with Crippen LogP contribution in [0.1, 0.15) is 30.9 Å². The molecule has 0 saturated carbocycles. The van der Waals surface area contributed by atoms with Crippen molar-refractivity contribution in [3.63, 3.8) is 0 Å². The molecule has 1 aromatic rings. The van der Waals surface area contributed by atoms with Crippen LogP contribution < -0.4 is 11.1 Å². The fourth-order valence-electron chi connectivity index (χ4n) is 1.60. The molecule has 0 amide bonds. The summed E-state index contributed by atoms with van der Waals surface area (Å²) in [5.74, 6) is 0. The number of hydrogen-bond acceptors (Lipinski definition) is 2. The van der Waals surface area contributed by atoms with Gasteiger partial charge in [0.15, 0.2) is 0 Å². The van der Waals surface area contributed by atoms with E-state index in [0.29, 0.717) is 6.04 Å². The lowest BCUT2D eigenvalue weighted by Gasteiger charge is -2.07. The third-order valence-corrected chi connectivity index (χ3v) is 2.42. The van der Waals surface area contributed by atoms with E-state index in [9.17, 15) is 0 Å². The van der Waals surface area contributed by atoms with Crippen molar-refractivity contribution in [1.82, 2.24) is 5.32 Å². The van der Waals surface area contributed by atoms with Crippen LogP contribution in [0.4, 0.5) is 0 Å². The Hall–Kier alpha value is -0.860. The maximum atomic E-state index is 5.68. The zero-order chi connectivity index (χ0) is 11.1. The summed E-state index contributed by atoms with van der Waals surface area (Å²) in [6, 6.07) is 8.93. The lowest BCUT2D eigenvalue weighted by molar-refractivity contribution is 0.574. The molecule has 0 aliphatic rings. The molecule has 1 aromatic carbocycles. The Kier molecular flexibility index (Phi) is 5.37. The number of nitrogens with two attached hydrogens (primary N) is 1. The van der Waals surface area contributed by atoms with E-state index >= 15 is 0 Å². The second kappa shape index (κ2) is 6.59. The molecule has 1 atom stereocenters. The third-order valence-electron chi connectivity index (χ3n) is 2.42. The SMILES string of the molecule is Cc1cccc(CNCCCC(C)N)c1. The number of aryl methyl sites for hydroxylation is 1. The van der Waals surface area contributed by atoms with Crippen molar-refractivity contribution in [2.24, 2.45) is 5.73 Å². The maximum absolute atomic E-state index is 5.68. The first-order valence-electron chi connectivity index (χ1n) is 5.70. The highest BCUT2D eigenvalue weighted by atomic mass is 14.8. The van der Waals surface area contributed by atoms with Crippen LogP contribution in [-0.2, 0) is 6.54 Å². The minimum Gasteiger partial charge on any atom is -0.328 e. The predicted molar refractivity (Wildman–Crippen MR) is 65.8 cm³/mol. The molecule has 0 aliphatic heterocycles. The van der Waals surface area contributed by atoms with Crippen molar-refractivity contribution in [1.29, 1.82) is 0 Å². The summed E-state index contributed by atoms with van der Waals surface area (Å²) >= 11 is 0. The Morgan fingerprint density at radius 2 is 2.20 bits per heavy atom. The largest absolute Gasteiger partial charge is 0.328 e. The van der Waals surface area contributed by atoms with Gasteiger partial charge < -0.3 is 11.1 Å². The summed E-state index contributed by atoms with van der Waals surface area (Å²) in [6.45, 7) is 6.19. The van der Waals surface area contributed by atoms with Gasteiger partial charge in [-0.15, -0.1) is 0 Å². The van der Waals surface area contributed by atoms with Gasteiger partial charge in [-0.2, -0.15) is 0 Å². The molecule has 15 heavy (non-hydrogen) atoms. The van der Waals surface area contributed by atoms with Crippen LogP contribution in [0.25, 0.3) is 0 Å². The van der Waals surface area contributed by atoms with Crippen molar-refractivity contribution in [2.45, 2.75) is 39.3 Å². The minimum atomic E-state index is 0.325. The minimum absolute atomic E-state index is 0.325. The molecule has 84 valence electrons. The fourth-order valence-corrected chi connectivity index (χ4v) is 1.60. The number of hydrogen-bond donors (Lipinski definition) is 2. The van der Waals surface area contributed by atoms with Crippen LogP contribution in [0.3, 0.4) is 0 Å². The van der Waals surface area contributed by atoms with Crippen molar-refractivity contribution >= 4 is 0 Å². The predicted octanol–water partition coefficient (Wildman–Crippen LogP) is 2.21. The molecule has 1 unspecified atom stereocenters. The third kappa shape index (κ3) is 5.55. The second-order valence-electron chi connectivity index (χ2n) is 4.29. The Morgan fingerprint density at radius 3 is 2.87 bits per heavy atom. The van der Waals surface area contributed by atoms with Crippen LogP contribution in [-0.4, -0.2) is 12.6 Å². The summed E-state index contributed by atoms with van der Waals surface area (Å²) < 4.78 is 0. The fraction of sp³-hybridized carbons (Fsp3) is 0.538. The van der Waals surface area contributed by atoms with Gasteiger partial charge >= 0.3 is 0 Å². The van der Waals surface area contributed by atoms with Crippen molar-refractivity contribution in [3.8, 4) is 0 Å². The molecular weight excluding hydrogens is 184 g/mol. The molecule has 3 N–H and O–H groups in total. The van der Waals surface area contributed by atoms with Gasteiger partial charge in [-0.1, -0.05) is 29.8 Å². The van der Waals surface area contributed by atoms with Crippen molar-refractivity contribution in [2.75, 3.05) is 6.54 Å². The number of benzene rings is 1. The quantitative estimate of drug-likeness (QED) is 0.700. The zero-order valence-electron chi connectivity index (χ0n) is 9.79. The highest BCUT2D eigenvalue weighted by Crippen LogP contribution is 2.03. The summed E-state index contributed by atoms with van der Waals surface area (Å²) in [7, 11) is 0. The Bertz CT molecular complexity index is 282. The summed E-state index contributed by atoms with van der Waals surface area (Å²) in [4.78, 5) is 0. The Labute approximate surface area is 92.9 Å². The molecule has 0 fully saturated rings. The molecular formula is C13H22N2. The van der Waals surface area contributed by atoms with Crippen LogP contribution in [0.15, 0.2) is 24.3 Å². The highest BCUT2D eigenvalue weighted by molar-refractivity contribution is 5.21. The average molecular weight is 206 g/mol. The van der Waals surface area contributed by atoms with E-state index in [2.05, 4.69) is 43.4 Å². The normalized spacial score (nSPS) is 12.7. The summed E-state index contributed by atoms with van der Waals surface area (Å²) in [5, 5.41) is 3.43. The first-order chi connectivity index (χ1) is 7.18. The average Bonchev–Trinajstić information content (AvgIpc) is 2.17. The van der Waals surface area contributed by atoms with Gasteiger partial charge in [0.1, 0.15) is 0 Å². The standard InChI is InChI=1S/C13H22N2/c1-11-5-3-7-13(9-11)10-15-8-4-6-12(2)14/h3,5,7,9,12,15H,4,6,8,10,14H2,1-2H3. The van der Waals surface area contributed by atoms with Crippen LogP contribution in [0.5, 0.6) is 0 Å². The van der Waals surface area contributed by atoms with E-state index in [1.54, 1.807) is 0 Å². The van der Waals surface area contributed by atoms with E-state index in [1.807, 2.05) is 0 Å². The number of nitrogens with one attached hydrogen (secondary N) is 1. The summed E-state index contributed by atoms with van der Waals surface area (Å²) in [6.07, 6.45) is 2.25. The Morgan fingerprint density at radius 1 is 1.40 bits per heavy atom. The molecule has 0 aromatic heterocycles. The summed E-state index contributed by atoms with van der Waals surface area (Å²) in [5.41, 5.74) is 8.36. The van der Waals surface area contributed by atoms with E-state index in [-0.39, 0.29) is 0 Å². The van der Waals surface area contributed by atoms with E-state index in [0.717, 1.165) is 25.9 Å². The van der Waals surface area contributed by atoms with Gasteiger partial charge in [-0.3, -0.25) is 0 Å². The molecule has 1 rings (SSSR count). The van der Waals surface area contributed by atoms with Gasteiger partial charge in [0, 0.05) is 12.6 Å². The van der Waals surface area contributed by atoms with Gasteiger partial charge in [0.25, 0.3) is 0 Å². The smallest absolute Gasteiger partial charge is 0.0205 e. The molecule has 0 spiro atoms. The van der Waals surface area contributed by atoms with E-state index < -0.39 is 0 Å². The monoisotopic (exact) mass is 206 g/mol. The lowest BCUT2D eigenvalue weighted by Crippen LogP contribution is -2.19. The van der Waals surface area contributed by atoms with Crippen molar-refractivity contribution in [3.05, 3.63) is 35.4 Å². The lowest BCUT2D eigenvalue weighted by atomic mass is 10.1. The zero-order valence-corrected chi connectivity index (χ0v) is 9.79. The van der Waals surface area contributed by atoms with Gasteiger partial charge in [0.05, 0.1) is 0 Å². The first kappa shape index (κ1) is 12.2. The molecule has 0 aliphatic carbocycles. The molecule has 0 saturated heterocycles. The molecule has 0 heterocycles. The van der Waals surface area contributed by atoms with Crippen molar-refractivity contribution < 1.29 is 0 Å². The van der Waals surface area contributed by atoms with Crippen LogP contribution in [0.2, 0.25) is 0 Å². The van der Waals surface area contributed by atoms with Gasteiger partial charge in [-0.25, -0.2) is 0 Å². The Balaban J connectivity index is 2.15. The molecule has 2 nitrogen and oxygen atoms in total. The molecule has 0 radical (unpaired) electrons. The second-order valence-corrected chi connectivity index (χ2v) is 4.29. The highest BCUT2D eigenvalue weighted by Gasteiger charge is 1.95. The van der Waals surface area contributed by atoms with E-state index in [4.69, 9.17) is 5.73 Å².